The Kier molecular flexibility index (Phi) is 6.98. The Morgan fingerprint density at radius 2 is 2.19 bits per heavy atom. The van der Waals surface area contributed by atoms with Crippen molar-refractivity contribution >= 4 is 0 Å². The summed E-state index contributed by atoms with van der Waals surface area (Å²) in [5.74, 6) is 0. The van der Waals surface area contributed by atoms with Gasteiger partial charge < -0.3 is 0 Å². The second-order valence-electron chi connectivity index (χ2n) is 7.00. The van der Waals surface area contributed by atoms with Crippen molar-refractivity contribution < 1.29 is 0 Å². The Hall–Kier alpha value is -0.600. The highest BCUT2D eigenvalue weighted by molar-refractivity contribution is 5.19. The van der Waals surface area contributed by atoms with Crippen LogP contribution in [0.4, 0.5) is 0 Å². The van der Waals surface area contributed by atoms with Crippen LogP contribution in [0.5, 0.6) is 0 Å². The van der Waals surface area contributed by atoms with E-state index in [1.807, 2.05) is 0 Å². The van der Waals surface area contributed by atoms with Gasteiger partial charge in [-0.15, -0.1) is 0 Å². The number of nitrogens with zero attached hydrogens (tertiary/aromatic N) is 2. The fraction of sp³-hybridized carbons (Fsp3) is 0.789. The van der Waals surface area contributed by atoms with Crippen LogP contribution >= 0.6 is 0 Å². The number of hydrogen-bond donors (Lipinski definition) is 0. The average molecular weight is 290 g/mol. The fourth-order valence-corrected chi connectivity index (χ4v) is 3.62. The third-order valence-electron chi connectivity index (χ3n) is 4.94. The molecule has 0 amide bonds. The van der Waals surface area contributed by atoms with Crippen LogP contribution in [0.1, 0.15) is 59.3 Å². The molecule has 0 saturated carbocycles. The zero-order valence-corrected chi connectivity index (χ0v) is 14.4. The molecule has 0 aromatic carbocycles. The summed E-state index contributed by atoms with van der Waals surface area (Å²) in [4.78, 5) is 5.44. The van der Waals surface area contributed by atoms with Gasteiger partial charge in [-0.3, -0.25) is 9.80 Å². The van der Waals surface area contributed by atoms with E-state index in [-0.39, 0.29) is 0 Å². The predicted molar refractivity (Wildman–Crippen MR) is 92.7 cm³/mol. The van der Waals surface area contributed by atoms with Gasteiger partial charge in [0, 0.05) is 25.2 Å². The van der Waals surface area contributed by atoms with Gasteiger partial charge in [0.15, 0.2) is 0 Å². The Morgan fingerprint density at radius 1 is 1.33 bits per heavy atom. The van der Waals surface area contributed by atoms with Crippen molar-refractivity contribution in [1.29, 1.82) is 0 Å². The predicted octanol–water partition coefficient (Wildman–Crippen LogP) is 4.24. The van der Waals surface area contributed by atoms with Crippen LogP contribution in [0.15, 0.2) is 23.8 Å². The van der Waals surface area contributed by atoms with Crippen molar-refractivity contribution in [3.63, 3.8) is 0 Å². The maximum Gasteiger partial charge on any atom is 0.0223 e. The molecule has 0 N–H and O–H groups in total. The molecule has 0 bridgehead atoms. The highest BCUT2D eigenvalue weighted by atomic mass is 15.2. The van der Waals surface area contributed by atoms with Crippen molar-refractivity contribution in [3.05, 3.63) is 23.8 Å². The second-order valence-corrected chi connectivity index (χ2v) is 7.00. The van der Waals surface area contributed by atoms with E-state index in [1.54, 1.807) is 5.57 Å². The zero-order valence-electron chi connectivity index (χ0n) is 14.4. The quantitative estimate of drug-likeness (QED) is 0.692. The summed E-state index contributed by atoms with van der Waals surface area (Å²) in [7, 11) is 0. The number of piperidine rings is 1. The van der Waals surface area contributed by atoms with Crippen LogP contribution in [0.3, 0.4) is 0 Å². The standard InChI is InChI=1S/C19H34N2/c1-4-13-20-14-9-8-12-19(20)16-21(17(2)3)15-18-10-6-5-7-11-18/h5-6,10,17,19H,4,7-9,11-16H2,1-3H3. The molecule has 1 unspecified atom stereocenters. The van der Waals surface area contributed by atoms with Crippen molar-refractivity contribution in [1.82, 2.24) is 9.80 Å². The zero-order chi connectivity index (χ0) is 15.1. The molecule has 0 radical (unpaired) electrons. The van der Waals surface area contributed by atoms with Gasteiger partial charge in [0.25, 0.3) is 0 Å². The molecule has 1 heterocycles. The van der Waals surface area contributed by atoms with E-state index >= 15 is 0 Å². The molecule has 1 saturated heterocycles. The lowest BCUT2D eigenvalue weighted by Crippen LogP contribution is -2.49. The minimum atomic E-state index is 0.641. The molecule has 1 atom stereocenters. The van der Waals surface area contributed by atoms with Gasteiger partial charge in [-0.05, 0) is 59.0 Å². The monoisotopic (exact) mass is 290 g/mol. The number of likely N-dealkylation sites (tertiary alicyclic amines) is 1. The summed E-state index contributed by atoms with van der Waals surface area (Å²) in [6.45, 7) is 12.0. The molecular weight excluding hydrogens is 256 g/mol. The van der Waals surface area contributed by atoms with Gasteiger partial charge in [0.1, 0.15) is 0 Å². The lowest BCUT2D eigenvalue weighted by molar-refractivity contribution is 0.0951. The van der Waals surface area contributed by atoms with Crippen molar-refractivity contribution in [2.45, 2.75) is 71.4 Å². The highest BCUT2D eigenvalue weighted by Crippen LogP contribution is 2.21. The van der Waals surface area contributed by atoms with Crippen molar-refractivity contribution in [2.24, 2.45) is 0 Å². The first-order chi connectivity index (χ1) is 10.2. The maximum absolute atomic E-state index is 2.74. The van der Waals surface area contributed by atoms with Crippen LogP contribution in [0.2, 0.25) is 0 Å². The third-order valence-corrected chi connectivity index (χ3v) is 4.94. The van der Waals surface area contributed by atoms with Gasteiger partial charge in [-0.25, -0.2) is 0 Å². The van der Waals surface area contributed by atoms with Gasteiger partial charge >= 0.3 is 0 Å². The summed E-state index contributed by atoms with van der Waals surface area (Å²) < 4.78 is 0. The molecule has 0 spiro atoms. The van der Waals surface area contributed by atoms with Gasteiger partial charge in [-0.1, -0.05) is 37.1 Å². The fourth-order valence-electron chi connectivity index (χ4n) is 3.62. The largest absolute Gasteiger partial charge is 0.299 e. The first-order valence-corrected chi connectivity index (χ1v) is 9.03. The maximum atomic E-state index is 2.74. The summed E-state index contributed by atoms with van der Waals surface area (Å²) in [5, 5.41) is 0. The molecule has 1 fully saturated rings. The van der Waals surface area contributed by atoms with E-state index in [4.69, 9.17) is 0 Å². The molecule has 0 aromatic rings. The molecule has 1 aliphatic carbocycles. The summed E-state index contributed by atoms with van der Waals surface area (Å²) >= 11 is 0. The highest BCUT2D eigenvalue weighted by Gasteiger charge is 2.25. The van der Waals surface area contributed by atoms with E-state index < -0.39 is 0 Å². The van der Waals surface area contributed by atoms with Gasteiger partial charge in [-0.2, -0.15) is 0 Å². The Morgan fingerprint density at radius 3 is 2.86 bits per heavy atom. The Bertz CT molecular complexity index is 355. The van der Waals surface area contributed by atoms with Crippen LogP contribution in [-0.2, 0) is 0 Å². The molecule has 120 valence electrons. The topological polar surface area (TPSA) is 6.48 Å². The van der Waals surface area contributed by atoms with E-state index in [2.05, 4.69) is 48.8 Å². The number of rotatable bonds is 7. The Labute approximate surface area is 131 Å². The lowest BCUT2D eigenvalue weighted by atomic mass is 9.99. The minimum absolute atomic E-state index is 0.641. The number of allylic oxidation sites excluding steroid dienone is 3. The van der Waals surface area contributed by atoms with Gasteiger partial charge in [0.2, 0.25) is 0 Å². The number of hydrogen-bond acceptors (Lipinski definition) is 2. The molecule has 21 heavy (non-hydrogen) atoms. The molecule has 0 aromatic heterocycles. The molecule has 1 aliphatic heterocycles. The summed E-state index contributed by atoms with van der Waals surface area (Å²) in [6, 6.07) is 1.42. The lowest BCUT2D eigenvalue weighted by Gasteiger charge is -2.40. The molecule has 2 heteroatoms. The Balaban J connectivity index is 1.94. The van der Waals surface area contributed by atoms with Crippen LogP contribution < -0.4 is 0 Å². The second kappa shape index (κ2) is 8.75. The van der Waals surface area contributed by atoms with E-state index in [9.17, 15) is 0 Å². The average Bonchev–Trinajstić information content (AvgIpc) is 2.49. The minimum Gasteiger partial charge on any atom is -0.299 e. The molecule has 2 rings (SSSR count). The van der Waals surface area contributed by atoms with Crippen LogP contribution in [-0.4, -0.2) is 48.1 Å². The summed E-state index contributed by atoms with van der Waals surface area (Å²) in [6.07, 6.45) is 14.8. The van der Waals surface area contributed by atoms with Crippen LogP contribution in [0, 0.1) is 0 Å². The van der Waals surface area contributed by atoms with E-state index in [0.29, 0.717) is 6.04 Å². The molecular formula is C19H34N2. The third kappa shape index (κ3) is 5.27. The molecule has 2 nitrogen and oxygen atoms in total. The van der Waals surface area contributed by atoms with Crippen molar-refractivity contribution in [2.75, 3.05) is 26.2 Å². The molecule has 2 aliphatic rings. The van der Waals surface area contributed by atoms with Crippen molar-refractivity contribution in [3.8, 4) is 0 Å². The van der Waals surface area contributed by atoms with Gasteiger partial charge in [0.05, 0.1) is 0 Å². The van der Waals surface area contributed by atoms with E-state index in [1.165, 1.54) is 64.7 Å². The van der Waals surface area contributed by atoms with E-state index in [0.717, 1.165) is 6.04 Å². The SMILES string of the molecule is CCCN1CCCCC1CN(CC1=CC=CCC1)C(C)C. The summed E-state index contributed by atoms with van der Waals surface area (Å²) in [5.41, 5.74) is 1.61. The first-order valence-electron chi connectivity index (χ1n) is 9.03. The smallest absolute Gasteiger partial charge is 0.0223 e. The first kappa shape index (κ1) is 16.8. The normalized spacial score (nSPS) is 23.9. The van der Waals surface area contributed by atoms with Crippen LogP contribution in [0.25, 0.3) is 0 Å².